The fourth-order valence-electron chi connectivity index (χ4n) is 2.58. The molecule has 0 unspecified atom stereocenters. The molecule has 1 aromatic heterocycles. The Morgan fingerprint density at radius 3 is 2.68 bits per heavy atom. The topological polar surface area (TPSA) is 67.6 Å². The summed E-state index contributed by atoms with van der Waals surface area (Å²) in [6.07, 6.45) is 2.29. The van der Waals surface area contributed by atoms with Crippen LogP contribution >= 0.6 is 0 Å². The van der Waals surface area contributed by atoms with Crippen molar-refractivity contribution in [2.45, 2.75) is 52.7 Å². The van der Waals surface area contributed by atoms with Crippen LogP contribution in [0.15, 0.2) is 10.6 Å². The van der Waals surface area contributed by atoms with Crippen LogP contribution in [0.5, 0.6) is 0 Å². The Bertz CT molecular complexity index is 479. The Hall–Kier alpha value is -1.40. The molecular weight excluding hydrogens is 282 g/mol. The van der Waals surface area contributed by atoms with Crippen molar-refractivity contribution in [3.05, 3.63) is 11.8 Å². The molecule has 0 bridgehead atoms. The van der Waals surface area contributed by atoms with E-state index in [1.807, 2.05) is 6.92 Å². The third-order valence-corrected chi connectivity index (χ3v) is 3.95. The van der Waals surface area contributed by atoms with Gasteiger partial charge in [-0.2, -0.15) is 0 Å². The molecule has 6 nitrogen and oxygen atoms in total. The molecule has 0 saturated carbocycles. The van der Waals surface area contributed by atoms with Gasteiger partial charge in [-0.15, -0.1) is 0 Å². The number of aryl methyl sites for hydroxylation is 1. The predicted octanol–water partition coefficient (Wildman–Crippen LogP) is 2.45. The fraction of sp³-hybridized carbons (Fsp3) is 0.750. The van der Waals surface area contributed by atoms with E-state index in [2.05, 4.69) is 29.2 Å². The van der Waals surface area contributed by atoms with Gasteiger partial charge in [-0.05, 0) is 32.6 Å². The van der Waals surface area contributed by atoms with Crippen LogP contribution in [-0.4, -0.2) is 47.8 Å². The van der Waals surface area contributed by atoms with Gasteiger partial charge in [-0.25, -0.2) is 0 Å². The zero-order valence-electron chi connectivity index (χ0n) is 14.0. The molecule has 1 amide bonds. The Labute approximate surface area is 132 Å². The van der Waals surface area contributed by atoms with Crippen molar-refractivity contribution in [2.24, 2.45) is 5.92 Å². The highest BCUT2D eigenvalue weighted by Crippen LogP contribution is 2.18. The Kier molecular flexibility index (Phi) is 5.97. The van der Waals surface area contributed by atoms with Crippen molar-refractivity contribution in [1.82, 2.24) is 10.1 Å². The molecule has 0 radical (unpaired) electrons. The lowest BCUT2D eigenvalue weighted by Crippen LogP contribution is -2.47. The summed E-state index contributed by atoms with van der Waals surface area (Å²) >= 11 is 0. The van der Waals surface area contributed by atoms with Gasteiger partial charge >= 0.3 is 0 Å². The smallest absolute Gasteiger partial charge is 0.242 e. The Morgan fingerprint density at radius 1 is 1.45 bits per heavy atom. The number of likely N-dealkylation sites (tertiary alicyclic amines) is 1. The van der Waals surface area contributed by atoms with Gasteiger partial charge in [-0.1, -0.05) is 19.0 Å². The summed E-state index contributed by atoms with van der Waals surface area (Å²) in [5, 5.41) is 6.59. The molecule has 0 spiro atoms. The van der Waals surface area contributed by atoms with E-state index in [4.69, 9.17) is 9.26 Å². The third kappa shape index (κ3) is 4.81. The molecule has 124 valence electrons. The summed E-state index contributed by atoms with van der Waals surface area (Å²) in [5.41, 5.74) is 0. The average molecular weight is 309 g/mol. The molecule has 22 heavy (non-hydrogen) atoms. The van der Waals surface area contributed by atoms with Gasteiger partial charge in [0.05, 0.1) is 12.1 Å². The quantitative estimate of drug-likeness (QED) is 0.874. The van der Waals surface area contributed by atoms with Crippen molar-refractivity contribution in [2.75, 3.05) is 25.0 Å². The van der Waals surface area contributed by atoms with Crippen LogP contribution in [0.4, 0.5) is 5.82 Å². The molecule has 1 N–H and O–H groups in total. The number of rotatable bonds is 6. The second kappa shape index (κ2) is 7.74. The number of carbonyl (C=O) groups is 1. The second-order valence-corrected chi connectivity index (χ2v) is 6.45. The van der Waals surface area contributed by atoms with Crippen LogP contribution in [0.2, 0.25) is 0 Å². The second-order valence-electron chi connectivity index (χ2n) is 6.45. The van der Waals surface area contributed by atoms with E-state index < -0.39 is 0 Å². The summed E-state index contributed by atoms with van der Waals surface area (Å²) in [5.74, 6) is 1.68. The number of nitrogens with zero attached hydrogens (tertiary/aromatic N) is 2. The van der Waals surface area contributed by atoms with E-state index >= 15 is 0 Å². The maximum absolute atomic E-state index is 12.3. The number of piperidine rings is 1. The lowest BCUT2D eigenvalue weighted by molar-refractivity contribution is -0.122. The lowest BCUT2D eigenvalue weighted by atomic mass is 10.1. The normalized spacial score (nSPS) is 18.6. The van der Waals surface area contributed by atoms with E-state index in [1.54, 1.807) is 13.0 Å². The molecule has 6 heteroatoms. The highest BCUT2D eigenvalue weighted by molar-refractivity contribution is 5.93. The number of anilines is 1. The highest BCUT2D eigenvalue weighted by atomic mass is 16.5. The van der Waals surface area contributed by atoms with Gasteiger partial charge in [-0.3, -0.25) is 9.69 Å². The Morgan fingerprint density at radius 2 is 2.14 bits per heavy atom. The molecule has 1 aromatic rings. The van der Waals surface area contributed by atoms with Crippen molar-refractivity contribution in [3.63, 3.8) is 0 Å². The van der Waals surface area contributed by atoms with E-state index in [0.29, 0.717) is 23.6 Å². The molecule has 0 aliphatic carbocycles. The first kappa shape index (κ1) is 17.0. The predicted molar refractivity (Wildman–Crippen MR) is 84.7 cm³/mol. The highest BCUT2D eigenvalue weighted by Gasteiger charge is 2.27. The first-order valence-corrected chi connectivity index (χ1v) is 8.05. The van der Waals surface area contributed by atoms with E-state index in [0.717, 1.165) is 32.5 Å². The number of carbonyl (C=O) groups excluding carboxylic acids is 1. The van der Waals surface area contributed by atoms with Crippen molar-refractivity contribution in [3.8, 4) is 0 Å². The minimum absolute atomic E-state index is 0.0464. The minimum atomic E-state index is -0.178. The number of nitrogens with one attached hydrogen (secondary N) is 1. The number of aromatic nitrogens is 1. The van der Waals surface area contributed by atoms with Crippen molar-refractivity contribution >= 4 is 11.7 Å². The summed E-state index contributed by atoms with van der Waals surface area (Å²) in [7, 11) is 0. The maximum atomic E-state index is 12.3. The summed E-state index contributed by atoms with van der Waals surface area (Å²) in [4.78, 5) is 14.4. The van der Waals surface area contributed by atoms with Crippen molar-refractivity contribution in [1.29, 1.82) is 0 Å². The zero-order chi connectivity index (χ0) is 16.1. The van der Waals surface area contributed by atoms with Gasteiger partial charge in [0.1, 0.15) is 5.76 Å². The van der Waals surface area contributed by atoms with E-state index in [1.165, 1.54) is 0 Å². The van der Waals surface area contributed by atoms with Crippen LogP contribution in [0.25, 0.3) is 0 Å². The molecule has 1 fully saturated rings. The molecular formula is C16H27N3O3. The van der Waals surface area contributed by atoms with Gasteiger partial charge in [0, 0.05) is 25.8 Å². The molecule has 0 aromatic carbocycles. The summed E-state index contributed by atoms with van der Waals surface area (Å²) in [6, 6.07) is 1.54. The fourth-order valence-corrected chi connectivity index (χ4v) is 2.58. The number of ether oxygens (including phenoxy) is 1. The van der Waals surface area contributed by atoms with Gasteiger partial charge in [0.2, 0.25) is 5.91 Å². The molecule has 1 saturated heterocycles. The van der Waals surface area contributed by atoms with E-state index in [9.17, 15) is 4.79 Å². The maximum Gasteiger partial charge on any atom is 0.242 e. The third-order valence-electron chi connectivity index (χ3n) is 3.95. The molecule has 1 atom stereocenters. The molecule has 2 heterocycles. The first-order valence-electron chi connectivity index (χ1n) is 8.05. The average Bonchev–Trinajstić information content (AvgIpc) is 2.90. The van der Waals surface area contributed by atoms with E-state index in [-0.39, 0.29) is 11.9 Å². The summed E-state index contributed by atoms with van der Waals surface area (Å²) < 4.78 is 10.8. The van der Waals surface area contributed by atoms with Crippen molar-refractivity contribution < 1.29 is 14.1 Å². The largest absolute Gasteiger partial charge is 0.378 e. The van der Waals surface area contributed by atoms with Crippen LogP contribution in [0, 0.1) is 12.8 Å². The van der Waals surface area contributed by atoms with Crippen LogP contribution in [0.3, 0.4) is 0 Å². The molecule has 1 aliphatic heterocycles. The zero-order valence-corrected chi connectivity index (χ0v) is 14.0. The number of hydrogen-bond donors (Lipinski definition) is 1. The Balaban J connectivity index is 1.76. The monoisotopic (exact) mass is 309 g/mol. The SMILES string of the molecule is Cc1cc(NC(=O)[C@@H](C)N2CCC(OCC(C)C)CC2)no1. The van der Waals surface area contributed by atoms with Crippen LogP contribution < -0.4 is 5.32 Å². The number of hydrogen-bond acceptors (Lipinski definition) is 5. The first-order chi connectivity index (χ1) is 10.5. The molecule has 2 rings (SSSR count). The van der Waals surface area contributed by atoms with Gasteiger partial charge in [0.15, 0.2) is 5.82 Å². The summed E-state index contributed by atoms with van der Waals surface area (Å²) in [6.45, 7) is 10.6. The van der Waals surface area contributed by atoms with Gasteiger partial charge < -0.3 is 14.6 Å². The lowest BCUT2D eigenvalue weighted by Gasteiger charge is -2.35. The minimum Gasteiger partial charge on any atom is -0.378 e. The molecule has 1 aliphatic rings. The van der Waals surface area contributed by atoms with Crippen LogP contribution in [0.1, 0.15) is 39.4 Å². The van der Waals surface area contributed by atoms with Gasteiger partial charge in [0.25, 0.3) is 0 Å². The standard InChI is InChI=1S/C16H27N3O3/c1-11(2)10-21-14-5-7-19(8-6-14)13(4)16(20)17-15-9-12(3)22-18-15/h9,11,13-14H,5-8,10H2,1-4H3,(H,17,18,20)/t13-/m1/s1. The number of amides is 1. The van der Waals surface area contributed by atoms with Crippen LogP contribution in [-0.2, 0) is 9.53 Å².